The average Bonchev–Trinajstić information content (AvgIpc) is 2.46. The van der Waals surface area contributed by atoms with E-state index in [9.17, 15) is 9.50 Å². The molecule has 1 unspecified atom stereocenters. The summed E-state index contributed by atoms with van der Waals surface area (Å²) < 4.78 is 19.4. The second-order valence-electron chi connectivity index (χ2n) is 5.67. The van der Waals surface area contributed by atoms with Gasteiger partial charge in [-0.05, 0) is 36.1 Å². The highest BCUT2D eigenvalue weighted by atomic mass is 19.1. The number of ether oxygens (including phenoxy) is 1. The number of methoxy groups -OCH3 is 1. The van der Waals surface area contributed by atoms with Crippen molar-refractivity contribution in [1.29, 1.82) is 0 Å². The second-order valence-corrected chi connectivity index (χ2v) is 5.67. The van der Waals surface area contributed by atoms with E-state index in [4.69, 9.17) is 4.74 Å². The van der Waals surface area contributed by atoms with Crippen molar-refractivity contribution >= 4 is 0 Å². The number of hydrogen-bond acceptors (Lipinski definition) is 2. The third kappa shape index (κ3) is 2.93. The zero-order valence-corrected chi connectivity index (χ0v) is 12.9. The maximum atomic E-state index is 14.2. The van der Waals surface area contributed by atoms with Gasteiger partial charge in [0.1, 0.15) is 17.2 Å². The number of halogens is 1. The standard InChI is InChI=1S/C18H21FO2/c1-12(2)13-8-10-14(11-9-13)18(3,20)17-15(19)6-5-7-16(17)21-4/h5-12,20H,1-4H3. The molecule has 0 fully saturated rings. The zero-order chi connectivity index (χ0) is 15.6. The lowest BCUT2D eigenvalue weighted by molar-refractivity contribution is 0.0945. The van der Waals surface area contributed by atoms with Crippen molar-refractivity contribution in [3.05, 3.63) is 65.0 Å². The van der Waals surface area contributed by atoms with E-state index in [2.05, 4.69) is 13.8 Å². The van der Waals surface area contributed by atoms with Crippen LogP contribution in [0.3, 0.4) is 0 Å². The molecule has 0 radical (unpaired) electrons. The fourth-order valence-electron chi connectivity index (χ4n) is 2.48. The molecule has 0 heterocycles. The van der Waals surface area contributed by atoms with Crippen LogP contribution in [0.15, 0.2) is 42.5 Å². The maximum Gasteiger partial charge on any atom is 0.133 e. The lowest BCUT2D eigenvalue weighted by Gasteiger charge is -2.27. The lowest BCUT2D eigenvalue weighted by atomic mass is 9.86. The lowest BCUT2D eigenvalue weighted by Crippen LogP contribution is -2.25. The molecule has 0 spiro atoms. The number of benzene rings is 2. The summed E-state index contributed by atoms with van der Waals surface area (Å²) in [7, 11) is 1.47. The van der Waals surface area contributed by atoms with Gasteiger partial charge in [-0.15, -0.1) is 0 Å². The van der Waals surface area contributed by atoms with Gasteiger partial charge in [-0.1, -0.05) is 44.2 Å². The molecule has 0 saturated carbocycles. The molecule has 0 aliphatic heterocycles. The third-order valence-electron chi connectivity index (χ3n) is 3.82. The second kappa shape index (κ2) is 5.86. The van der Waals surface area contributed by atoms with Crippen LogP contribution in [0.25, 0.3) is 0 Å². The van der Waals surface area contributed by atoms with Crippen LogP contribution < -0.4 is 4.74 Å². The van der Waals surface area contributed by atoms with E-state index in [0.717, 1.165) is 0 Å². The van der Waals surface area contributed by atoms with Crippen molar-refractivity contribution in [2.24, 2.45) is 0 Å². The molecular formula is C18H21FO2. The highest BCUT2D eigenvalue weighted by Crippen LogP contribution is 2.37. The first-order valence-electron chi connectivity index (χ1n) is 7.03. The van der Waals surface area contributed by atoms with Crippen molar-refractivity contribution in [2.75, 3.05) is 7.11 Å². The van der Waals surface area contributed by atoms with Crippen LogP contribution in [-0.2, 0) is 5.60 Å². The Bertz CT molecular complexity index is 616. The average molecular weight is 288 g/mol. The minimum absolute atomic E-state index is 0.157. The highest BCUT2D eigenvalue weighted by molar-refractivity contribution is 5.45. The van der Waals surface area contributed by atoms with Crippen LogP contribution in [0.1, 0.15) is 43.4 Å². The molecular weight excluding hydrogens is 267 g/mol. The first-order chi connectivity index (χ1) is 9.87. The van der Waals surface area contributed by atoms with E-state index < -0.39 is 11.4 Å². The summed E-state index contributed by atoms with van der Waals surface area (Å²) in [6.45, 7) is 5.79. The smallest absolute Gasteiger partial charge is 0.133 e. The summed E-state index contributed by atoms with van der Waals surface area (Å²) in [6, 6.07) is 12.1. The van der Waals surface area contributed by atoms with E-state index in [1.165, 1.54) is 18.7 Å². The molecule has 21 heavy (non-hydrogen) atoms. The Balaban J connectivity index is 2.51. The van der Waals surface area contributed by atoms with Gasteiger partial charge in [0.05, 0.1) is 12.7 Å². The quantitative estimate of drug-likeness (QED) is 0.913. The van der Waals surface area contributed by atoms with E-state index in [-0.39, 0.29) is 5.56 Å². The topological polar surface area (TPSA) is 29.5 Å². The number of rotatable bonds is 4. The van der Waals surface area contributed by atoms with Crippen LogP contribution in [0, 0.1) is 5.82 Å². The van der Waals surface area contributed by atoms with Crippen molar-refractivity contribution in [3.8, 4) is 5.75 Å². The van der Waals surface area contributed by atoms with Crippen molar-refractivity contribution in [2.45, 2.75) is 32.3 Å². The minimum Gasteiger partial charge on any atom is -0.496 e. The van der Waals surface area contributed by atoms with Crippen LogP contribution in [0.2, 0.25) is 0 Å². The predicted molar refractivity (Wildman–Crippen MR) is 82.2 cm³/mol. The van der Waals surface area contributed by atoms with E-state index in [1.54, 1.807) is 19.1 Å². The molecule has 2 aromatic carbocycles. The maximum absolute atomic E-state index is 14.2. The largest absolute Gasteiger partial charge is 0.496 e. The molecule has 112 valence electrons. The van der Waals surface area contributed by atoms with Gasteiger partial charge in [-0.3, -0.25) is 0 Å². The monoisotopic (exact) mass is 288 g/mol. The molecule has 1 atom stereocenters. The fraction of sp³-hybridized carbons (Fsp3) is 0.333. The first kappa shape index (κ1) is 15.5. The van der Waals surface area contributed by atoms with Crippen LogP contribution in [0.4, 0.5) is 4.39 Å². The van der Waals surface area contributed by atoms with Crippen LogP contribution in [-0.4, -0.2) is 12.2 Å². The van der Waals surface area contributed by atoms with Crippen LogP contribution >= 0.6 is 0 Å². The molecule has 0 aliphatic carbocycles. The van der Waals surface area contributed by atoms with Crippen molar-refractivity contribution in [1.82, 2.24) is 0 Å². The molecule has 0 aromatic heterocycles. The predicted octanol–water partition coefficient (Wildman–Crippen LogP) is 4.21. The SMILES string of the molecule is COc1cccc(F)c1C(C)(O)c1ccc(C(C)C)cc1. The van der Waals surface area contributed by atoms with Gasteiger partial charge in [0.25, 0.3) is 0 Å². The van der Waals surface area contributed by atoms with Gasteiger partial charge in [-0.2, -0.15) is 0 Å². The summed E-state index contributed by atoms with van der Waals surface area (Å²) in [5, 5.41) is 10.9. The molecule has 1 N–H and O–H groups in total. The fourth-order valence-corrected chi connectivity index (χ4v) is 2.48. The Labute approximate surface area is 125 Å². The Morgan fingerprint density at radius 3 is 2.24 bits per heavy atom. The molecule has 2 rings (SSSR count). The van der Waals surface area contributed by atoms with Gasteiger partial charge >= 0.3 is 0 Å². The van der Waals surface area contributed by atoms with Gasteiger partial charge < -0.3 is 9.84 Å². The van der Waals surface area contributed by atoms with Crippen molar-refractivity contribution < 1.29 is 14.2 Å². The van der Waals surface area contributed by atoms with Gasteiger partial charge in [0.15, 0.2) is 0 Å². The van der Waals surface area contributed by atoms with Crippen molar-refractivity contribution in [3.63, 3.8) is 0 Å². The minimum atomic E-state index is -1.45. The molecule has 2 aromatic rings. The van der Waals surface area contributed by atoms with Crippen LogP contribution in [0.5, 0.6) is 5.75 Å². The molecule has 0 aliphatic rings. The van der Waals surface area contributed by atoms with Gasteiger partial charge in [0.2, 0.25) is 0 Å². The van der Waals surface area contributed by atoms with E-state index >= 15 is 0 Å². The number of hydrogen-bond donors (Lipinski definition) is 1. The van der Waals surface area contributed by atoms with E-state index in [0.29, 0.717) is 17.2 Å². The van der Waals surface area contributed by atoms with Gasteiger partial charge in [0, 0.05) is 0 Å². The Morgan fingerprint density at radius 1 is 1.10 bits per heavy atom. The Hall–Kier alpha value is -1.87. The molecule has 2 nitrogen and oxygen atoms in total. The summed E-state index contributed by atoms with van der Waals surface area (Å²) in [5.41, 5.74) is 0.516. The summed E-state index contributed by atoms with van der Waals surface area (Å²) in [5.74, 6) is 0.271. The Morgan fingerprint density at radius 2 is 1.71 bits per heavy atom. The summed E-state index contributed by atoms with van der Waals surface area (Å²) in [6.07, 6.45) is 0. The third-order valence-corrected chi connectivity index (χ3v) is 3.82. The summed E-state index contributed by atoms with van der Waals surface area (Å²) in [4.78, 5) is 0. The zero-order valence-electron chi connectivity index (χ0n) is 12.9. The normalized spacial score (nSPS) is 14.0. The highest BCUT2D eigenvalue weighted by Gasteiger charge is 2.32. The Kier molecular flexibility index (Phi) is 4.33. The van der Waals surface area contributed by atoms with Gasteiger partial charge in [-0.25, -0.2) is 4.39 Å². The molecule has 0 saturated heterocycles. The number of aliphatic hydroxyl groups is 1. The molecule has 0 bridgehead atoms. The molecule has 3 heteroatoms. The first-order valence-corrected chi connectivity index (χ1v) is 7.03. The molecule has 0 amide bonds. The van der Waals surface area contributed by atoms with E-state index in [1.807, 2.05) is 24.3 Å². The summed E-state index contributed by atoms with van der Waals surface area (Å²) >= 11 is 0.